The minimum atomic E-state index is -0.799. The van der Waals surface area contributed by atoms with E-state index >= 15 is 0 Å². The first-order valence-electron chi connectivity index (χ1n) is 9.26. The summed E-state index contributed by atoms with van der Waals surface area (Å²) in [6, 6.07) is 15.8. The van der Waals surface area contributed by atoms with Gasteiger partial charge in [0.25, 0.3) is 11.8 Å². The summed E-state index contributed by atoms with van der Waals surface area (Å²) in [6.45, 7) is 1.89. The molecule has 4 rings (SSSR count). The van der Waals surface area contributed by atoms with Crippen LogP contribution in [0.5, 0.6) is 5.75 Å². The Morgan fingerprint density at radius 2 is 1.71 bits per heavy atom. The zero-order valence-corrected chi connectivity index (χ0v) is 17.1. The number of nitrogens with zero attached hydrogens (tertiary/aromatic N) is 1. The van der Waals surface area contributed by atoms with Crippen molar-refractivity contribution in [1.29, 1.82) is 0 Å². The molecule has 0 spiro atoms. The van der Waals surface area contributed by atoms with E-state index in [1.165, 1.54) is 17.4 Å². The molecular weight excluding hydrogens is 416 g/mol. The minimum Gasteiger partial charge on any atom is -0.422 e. The Hall–Kier alpha value is -4.04. The number of carbonyl (C=O) groups is 4. The molecule has 0 atom stereocenters. The predicted octanol–water partition coefficient (Wildman–Crippen LogP) is 3.94. The number of ether oxygens (including phenoxy) is 1. The molecule has 1 N–H and O–H groups in total. The normalized spacial score (nSPS) is 15.2. The zero-order chi connectivity index (χ0) is 22.0. The molecule has 1 aliphatic heterocycles. The van der Waals surface area contributed by atoms with Crippen molar-refractivity contribution in [2.45, 2.75) is 6.92 Å². The van der Waals surface area contributed by atoms with Crippen molar-refractivity contribution < 1.29 is 23.9 Å². The number of aryl methyl sites for hydroxylation is 1. The van der Waals surface area contributed by atoms with Gasteiger partial charge in [-0.2, -0.15) is 0 Å². The highest BCUT2D eigenvalue weighted by molar-refractivity contribution is 7.12. The lowest BCUT2D eigenvalue weighted by Gasteiger charge is -2.26. The monoisotopic (exact) mass is 432 g/mol. The summed E-state index contributed by atoms with van der Waals surface area (Å²) in [5.74, 6) is -1.62. The maximum atomic E-state index is 12.9. The number of imide groups is 2. The number of hydrogen-bond acceptors (Lipinski definition) is 6. The van der Waals surface area contributed by atoms with Crippen LogP contribution in [0.15, 0.2) is 71.6 Å². The molecule has 3 aromatic rings. The van der Waals surface area contributed by atoms with Gasteiger partial charge < -0.3 is 4.74 Å². The average molecular weight is 432 g/mol. The number of barbiturate groups is 1. The first-order valence-corrected chi connectivity index (χ1v) is 10.1. The Morgan fingerprint density at radius 3 is 2.35 bits per heavy atom. The van der Waals surface area contributed by atoms with Crippen molar-refractivity contribution in [3.8, 4) is 5.75 Å². The Morgan fingerprint density at radius 1 is 1.00 bits per heavy atom. The molecule has 154 valence electrons. The molecule has 1 aliphatic rings. The molecule has 1 saturated heterocycles. The molecule has 0 unspecified atom stereocenters. The van der Waals surface area contributed by atoms with E-state index in [4.69, 9.17) is 4.74 Å². The second-order valence-corrected chi connectivity index (χ2v) is 7.68. The van der Waals surface area contributed by atoms with Crippen molar-refractivity contribution in [2.75, 3.05) is 4.90 Å². The van der Waals surface area contributed by atoms with E-state index in [-0.39, 0.29) is 5.57 Å². The quantitative estimate of drug-likeness (QED) is 0.292. The molecule has 31 heavy (non-hydrogen) atoms. The molecule has 0 saturated carbocycles. The molecule has 1 fully saturated rings. The number of amides is 4. The molecule has 2 heterocycles. The lowest BCUT2D eigenvalue weighted by Crippen LogP contribution is -2.54. The molecule has 1 aromatic heterocycles. The maximum Gasteiger partial charge on any atom is 0.353 e. The van der Waals surface area contributed by atoms with Crippen LogP contribution in [0.4, 0.5) is 10.5 Å². The molecule has 8 heteroatoms. The number of urea groups is 1. The highest BCUT2D eigenvalue weighted by Crippen LogP contribution is 2.23. The van der Waals surface area contributed by atoms with Gasteiger partial charge in [0.05, 0.1) is 5.69 Å². The minimum absolute atomic E-state index is 0.177. The molecule has 0 bridgehead atoms. The highest BCUT2D eigenvalue weighted by atomic mass is 32.1. The first-order chi connectivity index (χ1) is 14.9. The number of hydrogen-bond donors (Lipinski definition) is 1. The summed E-state index contributed by atoms with van der Waals surface area (Å²) in [7, 11) is 0. The van der Waals surface area contributed by atoms with Crippen LogP contribution in [0.1, 0.15) is 20.8 Å². The fraction of sp³-hybridized carbons (Fsp3) is 0.0435. The van der Waals surface area contributed by atoms with E-state index < -0.39 is 23.8 Å². The lowest BCUT2D eigenvalue weighted by atomic mass is 10.1. The molecule has 2 aromatic carbocycles. The summed E-state index contributed by atoms with van der Waals surface area (Å²) in [6.07, 6.45) is 1.39. The highest BCUT2D eigenvalue weighted by Gasteiger charge is 2.36. The molecule has 7 nitrogen and oxygen atoms in total. The number of thiophene rings is 1. The van der Waals surface area contributed by atoms with Crippen LogP contribution in [0.25, 0.3) is 6.08 Å². The Labute approximate surface area is 181 Å². The van der Waals surface area contributed by atoms with Gasteiger partial charge in [0.15, 0.2) is 0 Å². The second-order valence-electron chi connectivity index (χ2n) is 6.73. The fourth-order valence-electron chi connectivity index (χ4n) is 2.94. The lowest BCUT2D eigenvalue weighted by molar-refractivity contribution is -0.122. The van der Waals surface area contributed by atoms with E-state index in [9.17, 15) is 19.2 Å². The molecule has 0 radical (unpaired) electrons. The van der Waals surface area contributed by atoms with Crippen LogP contribution < -0.4 is 15.0 Å². The first kappa shape index (κ1) is 20.2. The third kappa shape index (κ3) is 4.29. The molecule has 0 aliphatic carbocycles. The topological polar surface area (TPSA) is 92.8 Å². The van der Waals surface area contributed by atoms with E-state index in [0.29, 0.717) is 21.9 Å². The predicted molar refractivity (Wildman–Crippen MR) is 116 cm³/mol. The van der Waals surface area contributed by atoms with Crippen LogP contribution in [0.2, 0.25) is 0 Å². The van der Waals surface area contributed by atoms with Crippen LogP contribution in [-0.2, 0) is 9.59 Å². The van der Waals surface area contributed by atoms with E-state index in [2.05, 4.69) is 5.32 Å². The van der Waals surface area contributed by atoms with Gasteiger partial charge in [0, 0.05) is 0 Å². The van der Waals surface area contributed by atoms with E-state index in [1.807, 2.05) is 6.92 Å². The standard InChI is InChI=1S/C23H16N2O5S/c1-14-4-8-16(9-5-14)25-21(27)18(20(26)24-23(25)29)13-15-6-10-17(11-7-15)30-22(28)19-3-2-12-31-19/h2-13H,1H3,(H,24,26,29). The summed E-state index contributed by atoms with van der Waals surface area (Å²) in [5, 5.41) is 3.97. The van der Waals surface area contributed by atoms with E-state index in [0.717, 1.165) is 10.5 Å². The maximum absolute atomic E-state index is 12.9. The number of nitrogens with one attached hydrogen (secondary N) is 1. The fourth-order valence-corrected chi connectivity index (χ4v) is 3.54. The van der Waals surface area contributed by atoms with Crippen molar-refractivity contribution in [2.24, 2.45) is 0 Å². The van der Waals surface area contributed by atoms with Gasteiger partial charge >= 0.3 is 12.0 Å². The van der Waals surface area contributed by atoms with Crippen LogP contribution in [-0.4, -0.2) is 23.8 Å². The number of esters is 1. The van der Waals surface area contributed by atoms with Crippen LogP contribution in [0.3, 0.4) is 0 Å². The molecule has 4 amide bonds. The van der Waals surface area contributed by atoms with Gasteiger partial charge in [-0.15, -0.1) is 11.3 Å². The average Bonchev–Trinajstić information content (AvgIpc) is 3.29. The van der Waals surface area contributed by atoms with Crippen molar-refractivity contribution >= 4 is 46.9 Å². The van der Waals surface area contributed by atoms with Crippen LogP contribution >= 0.6 is 11.3 Å². The second kappa shape index (κ2) is 8.37. The summed E-state index contributed by atoms with van der Waals surface area (Å²) >= 11 is 1.28. The third-order valence-electron chi connectivity index (χ3n) is 4.52. The van der Waals surface area contributed by atoms with Crippen molar-refractivity contribution in [1.82, 2.24) is 5.32 Å². The van der Waals surface area contributed by atoms with Gasteiger partial charge in [0.1, 0.15) is 16.2 Å². The van der Waals surface area contributed by atoms with Gasteiger partial charge in [-0.3, -0.25) is 14.9 Å². The number of rotatable bonds is 4. The summed E-state index contributed by atoms with van der Waals surface area (Å²) in [4.78, 5) is 50.8. The number of anilines is 1. The SMILES string of the molecule is Cc1ccc(N2C(=O)NC(=O)C(=Cc3ccc(OC(=O)c4cccs4)cc3)C2=O)cc1. The van der Waals surface area contributed by atoms with Gasteiger partial charge in [0.2, 0.25) is 0 Å². The van der Waals surface area contributed by atoms with Gasteiger partial charge in [-0.25, -0.2) is 14.5 Å². The van der Waals surface area contributed by atoms with Gasteiger partial charge in [-0.05, 0) is 54.3 Å². The summed E-state index contributed by atoms with van der Waals surface area (Å²) in [5.41, 5.74) is 1.69. The Bertz CT molecular complexity index is 1200. The largest absolute Gasteiger partial charge is 0.422 e. The van der Waals surface area contributed by atoms with Crippen LogP contribution in [0, 0.1) is 6.92 Å². The number of benzene rings is 2. The van der Waals surface area contributed by atoms with Gasteiger partial charge in [-0.1, -0.05) is 35.9 Å². The third-order valence-corrected chi connectivity index (χ3v) is 5.37. The Balaban J connectivity index is 1.56. The zero-order valence-electron chi connectivity index (χ0n) is 16.3. The number of carbonyl (C=O) groups excluding carboxylic acids is 4. The van der Waals surface area contributed by atoms with Crippen molar-refractivity contribution in [3.05, 3.63) is 87.6 Å². The van der Waals surface area contributed by atoms with Crippen molar-refractivity contribution in [3.63, 3.8) is 0 Å². The van der Waals surface area contributed by atoms with E-state index in [1.54, 1.807) is 66.0 Å². The Kier molecular flexibility index (Phi) is 5.46. The smallest absolute Gasteiger partial charge is 0.353 e. The summed E-state index contributed by atoms with van der Waals surface area (Å²) < 4.78 is 5.30. The molecular formula is C23H16N2O5S.